The highest BCUT2D eigenvalue weighted by Crippen LogP contribution is 2.49. The molecular formula is C16H23NO2S. The summed E-state index contributed by atoms with van der Waals surface area (Å²) in [5.74, 6) is 1.68. The molecule has 2 aliphatic rings. The Hall–Kier alpha value is -0.870. The van der Waals surface area contributed by atoms with Crippen LogP contribution in [0.25, 0.3) is 0 Å². The van der Waals surface area contributed by atoms with Gasteiger partial charge >= 0.3 is 0 Å². The van der Waals surface area contributed by atoms with E-state index in [0.717, 1.165) is 12.8 Å². The average molecular weight is 293 g/mol. The lowest BCUT2D eigenvalue weighted by Gasteiger charge is -2.17. The molecule has 0 aromatic heterocycles. The van der Waals surface area contributed by atoms with Crippen molar-refractivity contribution in [2.24, 2.45) is 5.92 Å². The van der Waals surface area contributed by atoms with Gasteiger partial charge in [-0.25, -0.2) is 8.42 Å². The maximum absolute atomic E-state index is 11.8. The van der Waals surface area contributed by atoms with E-state index in [1.54, 1.807) is 0 Å². The predicted octanol–water partition coefficient (Wildman–Crippen LogP) is 2.35. The Balaban J connectivity index is 1.51. The van der Waals surface area contributed by atoms with Crippen LogP contribution in [0.4, 0.5) is 0 Å². The first-order valence-corrected chi connectivity index (χ1v) is 9.29. The van der Waals surface area contributed by atoms with E-state index in [-0.39, 0.29) is 5.25 Å². The summed E-state index contributed by atoms with van der Waals surface area (Å²) in [5, 5.41) is 3.31. The highest BCUT2D eigenvalue weighted by atomic mass is 32.2. The minimum atomic E-state index is -2.82. The number of nitrogens with one attached hydrogen (secondary N) is 1. The number of hydrogen-bond acceptors (Lipinski definition) is 3. The fourth-order valence-electron chi connectivity index (χ4n) is 3.41. The monoisotopic (exact) mass is 293 g/mol. The molecule has 0 spiro atoms. The first-order valence-electron chi connectivity index (χ1n) is 7.58. The third kappa shape index (κ3) is 2.91. The highest BCUT2D eigenvalue weighted by Gasteiger charge is 2.42. The van der Waals surface area contributed by atoms with Crippen LogP contribution in [0.5, 0.6) is 0 Å². The molecule has 1 aromatic carbocycles. The summed E-state index contributed by atoms with van der Waals surface area (Å²) in [6.45, 7) is 2.82. The van der Waals surface area contributed by atoms with E-state index in [1.165, 1.54) is 12.0 Å². The van der Waals surface area contributed by atoms with Crippen LogP contribution in [-0.2, 0) is 9.84 Å². The normalized spacial score (nSPS) is 33.0. The first kappa shape index (κ1) is 14.1. The lowest BCUT2D eigenvalue weighted by molar-refractivity contribution is 0.477. The average Bonchev–Trinajstić information content (AvgIpc) is 3.17. The Labute approximate surface area is 121 Å². The summed E-state index contributed by atoms with van der Waals surface area (Å²) >= 11 is 0. The zero-order valence-electron chi connectivity index (χ0n) is 12.0. The minimum Gasteiger partial charge on any atom is -0.313 e. The summed E-state index contributed by atoms with van der Waals surface area (Å²) in [6.07, 6.45) is 2.88. The molecule has 1 N–H and O–H groups in total. The van der Waals surface area contributed by atoms with E-state index in [4.69, 9.17) is 0 Å². The van der Waals surface area contributed by atoms with E-state index < -0.39 is 9.84 Å². The van der Waals surface area contributed by atoms with Gasteiger partial charge < -0.3 is 5.32 Å². The number of rotatable bonds is 5. The molecule has 2 unspecified atom stereocenters. The second-order valence-corrected chi connectivity index (χ2v) is 8.65. The third-order valence-corrected chi connectivity index (χ3v) is 7.12. The highest BCUT2D eigenvalue weighted by molar-refractivity contribution is 7.92. The summed E-state index contributed by atoms with van der Waals surface area (Å²) in [4.78, 5) is 0. The van der Waals surface area contributed by atoms with Gasteiger partial charge in [-0.2, -0.15) is 0 Å². The molecule has 0 radical (unpaired) electrons. The Morgan fingerprint density at radius 3 is 2.70 bits per heavy atom. The van der Waals surface area contributed by atoms with Crippen molar-refractivity contribution in [1.29, 1.82) is 0 Å². The van der Waals surface area contributed by atoms with Gasteiger partial charge in [0.1, 0.15) is 0 Å². The third-order valence-electron chi connectivity index (χ3n) is 4.84. The maximum atomic E-state index is 11.8. The lowest BCUT2D eigenvalue weighted by atomic mass is 10.1. The molecule has 1 aromatic rings. The first-order chi connectivity index (χ1) is 9.58. The van der Waals surface area contributed by atoms with Crippen LogP contribution in [-0.4, -0.2) is 32.0 Å². The quantitative estimate of drug-likeness (QED) is 0.906. The van der Waals surface area contributed by atoms with Crippen LogP contribution in [0.15, 0.2) is 30.3 Å². The largest absolute Gasteiger partial charge is 0.313 e. The molecule has 4 atom stereocenters. The Morgan fingerprint density at radius 1 is 1.30 bits per heavy atom. The molecule has 0 amide bonds. The van der Waals surface area contributed by atoms with Gasteiger partial charge in [0.2, 0.25) is 0 Å². The van der Waals surface area contributed by atoms with Crippen LogP contribution >= 0.6 is 0 Å². The van der Waals surface area contributed by atoms with Gasteiger partial charge in [-0.3, -0.25) is 0 Å². The number of hydrogen-bond donors (Lipinski definition) is 1. The number of sulfone groups is 1. The fourth-order valence-corrected chi connectivity index (χ4v) is 5.19. The van der Waals surface area contributed by atoms with E-state index in [1.807, 2.05) is 6.07 Å². The molecule has 1 aliphatic carbocycles. The van der Waals surface area contributed by atoms with E-state index >= 15 is 0 Å². The topological polar surface area (TPSA) is 46.2 Å². The zero-order chi connectivity index (χ0) is 14.2. The molecule has 3 nitrogen and oxygen atoms in total. The summed E-state index contributed by atoms with van der Waals surface area (Å²) < 4.78 is 23.6. The zero-order valence-corrected chi connectivity index (χ0v) is 12.8. The minimum absolute atomic E-state index is 0.154. The van der Waals surface area contributed by atoms with Crippen LogP contribution < -0.4 is 5.32 Å². The fraction of sp³-hybridized carbons (Fsp3) is 0.625. The van der Waals surface area contributed by atoms with Gasteiger partial charge in [-0.15, -0.1) is 0 Å². The number of benzene rings is 1. The molecule has 110 valence electrons. The van der Waals surface area contributed by atoms with Crippen molar-refractivity contribution in [3.05, 3.63) is 35.9 Å². The predicted molar refractivity (Wildman–Crippen MR) is 81.6 cm³/mol. The molecule has 1 saturated carbocycles. The van der Waals surface area contributed by atoms with Crippen molar-refractivity contribution in [1.82, 2.24) is 5.32 Å². The molecule has 1 heterocycles. The van der Waals surface area contributed by atoms with Crippen molar-refractivity contribution in [2.45, 2.75) is 43.4 Å². The second-order valence-electron chi connectivity index (χ2n) is 6.24. The van der Waals surface area contributed by atoms with Gasteiger partial charge in [0.15, 0.2) is 9.84 Å². The SMILES string of the molecule is CC(NCC1CCCS1(=O)=O)[C@@H]1C[C@H]1c1ccccc1. The molecular weight excluding hydrogens is 270 g/mol. The van der Waals surface area contributed by atoms with Crippen molar-refractivity contribution >= 4 is 9.84 Å². The van der Waals surface area contributed by atoms with Gasteiger partial charge in [0, 0.05) is 12.6 Å². The molecule has 4 heteroatoms. The van der Waals surface area contributed by atoms with E-state index in [0.29, 0.717) is 30.2 Å². The molecule has 3 rings (SSSR count). The van der Waals surface area contributed by atoms with Gasteiger partial charge in [-0.05, 0) is 43.6 Å². The van der Waals surface area contributed by atoms with Crippen molar-refractivity contribution in [2.75, 3.05) is 12.3 Å². The Kier molecular flexibility index (Phi) is 3.87. The summed E-state index contributed by atoms with van der Waals surface area (Å²) in [5.41, 5.74) is 1.42. The second kappa shape index (κ2) is 5.49. The van der Waals surface area contributed by atoms with Gasteiger partial charge in [-0.1, -0.05) is 30.3 Å². The van der Waals surface area contributed by atoms with Crippen molar-refractivity contribution < 1.29 is 8.42 Å². The van der Waals surface area contributed by atoms with E-state index in [2.05, 4.69) is 36.5 Å². The Morgan fingerprint density at radius 2 is 2.05 bits per heavy atom. The lowest BCUT2D eigenvalue weighted by Crippen LogP contribution is -2.37. The van der Waals surface area contributed by atoms with Gasteiger partial charge in [0.05, 0.1) is 11.0 Å². The molecule has 0 bridgehead atoms. The Bertz CT molecular complexity index is 555. The summed E-state index contributed by atoms with van der Waals surface area (Å²) in [7, 11) is -2.82. The standard InChI is InChI=1S/C16H23NO2S/c1-12(17-11-14-8-5-9-20(14,18)19)15-10-16(15)13-6-3-2-4-7-13/h2-4,6-7,12,14-17H,5,8-11H2,1H3/t12?,14?,15-,16-/m0/s1. The van der Waals surface area contributed by atoms with Crippen LogP contribution in [0.1, 0.15) is 37.7 Å². The molecule has 1 aliphatic heterocycles. The van der Waals surface area contributed by atoms with Crippen molar-refractivity contribution in [3.8, 4) is 0 Å². The molecule has 2 fully saturated rings. The summed E-state index contributed by atoms with van der Waals surface area (Å²) in [6, 6.07) is 11.0. The van der Waals surface area contributed by atoms with Crippen molar-refractivity contribution in [3.63, 3.8) is 0 Å². The van der Waals surface area contributed by atoms with Gasteiger partial charge in [0.25, 0.3) is 0 Å². The molecule has 1 saturated heterocycles. The smallest absolute Gasteiger partial charge is 0.154 e. The maximum Gasteiger partial charge on any atom is 0.154 e. The van der Waals surface area contributed by atoms with Crippen LogP contribution in [0, 0.1) is 5.92 Å². The van der Waals surface area contributed by atoms with Crippen LogP contribution in [0.2, 0.25) is 0 Å². The molecule has 20 heavy (non-hydrogen) atoms. The van der Waals surface area contributed by atoms with Crippen LogP contribution in [0.3, 0.4) is 0 Å². The van der Waals surface area contributed by atoms with E-state index in [9.17, 15) is 8.42 Å².